The van der Waals surface area contributed by atoms with Crippen LogP contribution in [0.25, 0.3) is 0 Å². The molecule has 1 amide bonds. The van der Waals surface area contributed by atoms with Crippen LogP contribution in [-0.2, 0) is 0 Å². The second-order valence-electron chi connectivity index (χ2n) is 4.68. The quantitative estimate of drug-likeness (QED) is 0.854. The number of amides is 1. The number of rotatable bonds is 4. The Balaban J connectivity index is 2.27. The summed E-state index contributed by atoms with van der Waals surface area (Å²) in [5.74, 6) is -0.869. The van der Waals surface area contributed by atoms with Crippen molar-refractivity contribution in [2.75, 3.05) is 0 Å². The van der Waals surface area contributed by atoms with Crippen LogP contribution in [0.5, 0.6) is 0 Å². The van der Waals surface area contributed by atoms with E-state index in [1.807, 2.05) is 30.3 Å². The predicted molar refractivity (Wildman–Crippen MR) is 84.6 cm³/mol. The Morgan fingerprint density at radius 3 is 2.52 bits per heavy atom. The molecule has 2 aromatic carbocycles. The van der Waals surface area contributed by atoms with E-state index in [4.69, 9.17) is 18.0 Å². The van der Waals surface area contributed by atoms with E-state index in [0.717, 1.165) is 5.56 Å². The highest BCUT2D eigenvalue weighted by Crippen LogP contribution is 2.16. The largest absolute Gasteiger partial charge is 0.391 e. The molecule has 0 aromatic heterocycles. The molecule has 3 N–H and O–H groups in total. The number of aryl methyl sites for hydroxylation is 1. The number of thiocarbonyl (C=S) groups is 1. The predicted octanol–water partition coefficient (Wildman–Crippen LogP) is 2.89. The molecule has 0 aliphatic heterocycles. The van der Waals surface area contributed by atoms with Gasteiger partial charge in [-0.1, -0.05) is 48.6 Å². The maximum Gasteiger partial charge on any atom is 0.252 e. The molecule has 3 nitrogen and oxygen atoms in total. The summed E-state index contributed by atoms with van der Waals surface area (Å²) in [6.45, 7) is 1.74. The maximum absolute atomic E-state index is 13.3. The highest BCUT2D eigenvalue weighted by Gasteiger charge is 2.19. The summed E-state index contributed by atoms with van der Waals surface area (Å²) in [5, 5.41) is 2.75. The van der Waals surface area contributed by atoms with Crippen molar-refractivity contribution in [3.63, 3.8) is 0 Å². The number of carbonyl (C=O) groups is 1. The molecule has 1 unspecified atom stereocenters. The van der Waals surface area contributed by atoms with Gasteiger partial charge in [-0.05, 0) is 30.2 Å². The minimum absolute atomic E-state index is 0.156. The number of hydrogen-bond acceptors (Lipinski definition) is 2. The van der Waals surface area contributed by atoms with Gasteiger partial charge in [0.25, 0.3) is 5.91 Å². The lowest BCUT2D eigenvalue weighted by molar-refractivity contribution is 0.0946. The van der Waals surface area contributed by atoms with E-state index in [9.17, 15) is 9.18 Å². The summed E-state index contributed by atoms with van der Waals surface area (Å²) in [4.78, 5) is 12.5. The summed E-state index contributed by atoms with van der Waals surface area (Å²) in [6, 6.07) is 12.7. The van der Waals surface area contributed by atoms with Crippen LogP contribution >= 0.6 is 12.2 Å². The summed E-state index contributed by atoms with van der Waals surface area (Å²) in [7, 11) is 0. The standard InChI is InChI=1S/C16H15FN2OS/c1-10-7-8-12(17)9-13(10)16(20)19-14(15(18)21)11-5-3-2-4-6-11/h2-9,14H,1H3,(H2,18,21)(H,19,20). The van der Waals surface area contributed by atoms with Crippen molar-refractivity contribution < 1.29 is 9.18 Å². The molecule has 0 aliphatic carbocycles. The fourth-order valence-electron chi connectivity index (χ4n) is 2.01. The van der Waals surface area contributed by atoms with Crippen LogP contribution in [0, 0.1) is 12.7 Å². The van der Waals surface area contributed by atoms with E-state index in [2.05, 4.69) is 5.32 Å². The van der Waals surface area contributed by atoms with Gasteiger partial charge in [0.15, 0.2) is 0 Å². The first-order valence-electron chi connectivity index (χ1n) is 6.40. The van der Waals surface area contributed by atoms with E-state index in [0.29, 0.717) is 5.56 Å². The van der Waals surface area contributed by atoms with Crippen LogP contribution in [-0.4, -0.2) is 10.9 Å². The fourth-order valence-corrected chi connectivity index (χ4v) is 2.21. The molecule has 0 fully saturated rings. The van der Waals surface area contributed by atoms with Crippen LogP contribution in [0.15, 0.2) is 48.5 Å². The highest BCUT2D eigenvalue weighted by atomic mass is 32.1. The third kappa shape index (κ3) is 3.64. The Morgan fingerprint density at radius 1 is 1.24 bits per heavy atom. The van der Waals surface area contributed by atoms with Crippen molar-refractivity contribution in [2.24, 2.45) is 5.73 Å². The Labute approximate surface area is 128 Å². The van der Waals surface area contributed by atoms with Gasteiger partial charge >= 0.3 is 0 Å². The molecule has 0 bridgehead atoms. The topological polar surface area (TPSA) is 55.1 Å². The van der Waals surface area contributed by atoms with Crippen molar-refractivity contribution in [2.45, 2.75) is 13.0 Å². The second kappa shape index (κ2) is 6.45. The van der Waals surface area contributed by atoms with Crippen molar-refractivity contribution in [3.05, 3.63) is 71.0 Å². The molecule has 0 heterocycles. The Bertz CT molecular complexity index is 673. The first kappa shape index (κ1) is 15.1. The third-order valence-corrected chi connectivity index (χ3v) is 3.37. The van der Waals surface area contributed by atoms with Crippen molar-refractivity contribution in [1.29, 1.82) is 0 Å². The van der Waals surface area contributed by atoms with E-state index < -0.39 is 17.8 Å². The highest BCUT2D eigenvalue weighted by molar-refractivity contribution is 7.80. The van der Waals surface area contributed by atoms with Crippen molar-refractivity contribution in [3.8, 4) is 0 Å². The van der Waals surface area contributed by atoms with Crippen LogP contribution in [0.1, 0.15) is 27.5 Å². The summed E-state index contributed by atoms with van der Waals surface area (Å²) < 4.78 is 13.3. The number of benzene rings is 2. The summed E-state index contributed by atoms with van der Waals surface area (Å²) in [5.41, 5.74) is 7.44. The molecule has 0 saturated carbocycles. The number of hydrogen-bond donors (Lipinski definition) is 2. The maximum atomic E-state index is 13.3. The van der Waals surface area contributed by atoms with Gasteiger partial charge in [0.2, 0.25) is 0 Å². The molecule has 5 heteroatoms. The number of halogens is 1. The van der Waals surface area contributed by atoms with Crippen LogP contribution in [0.4, 0.5) is 4.39 Å². The smallest absolute Gasteiger partial charge is 0.252 e. The van der Waals surface area contributed by atoms with Gasteiger partial charge in [-0.3, -0.25) is 4.79 Å². The Kier molecular flexibility index (Phi) is 4.65. The lowest BCUT2D eigenvalue weighted by atomic mass is 10.0. The zero-order chi connectivity index (χ0) is 15.4. The molecule has 2 rings (SSSR count). The minimum atomic E-state index is -0.587. The molecule has 0 radical (unpaired) electrons. The number of carbonyl (C=O) groups excluding carboxylic acids is 1. The van der Waals surface area contributed by atoms with Gasteiger partial charge in [-0.25, -0.2) is 4.39 Å². The van der Waals surface area contributed by atoms with E-state index >= 15 is 0 Å². The Morgan fingerprint density at radius 2 is 1.90 bits per heavy atom. The summed E-state index contributed by atoms with van der Waals surface area (Å²) >= 11 is 5.01. The molecule has 0 aliphatic rings. The zero-order valence-electron chi connectivity index (χ0n) is 11.5. The Hall–Kier alpha value is -2.27. The van der Waals surface area contributed by atoms with Gasteiger partial charge in [-0.2, -0.15) is 0 Å². The van der Waals surface area contributed by atoms with Gasteiger partial charge in [-0.15, -0.1) is 0 Å². The molecular formula is C16H15FN2OS. The lowest BCUT2D eigenvalue weighted by Gasteiger charge is -2.18. The normalized spacial score (nSPS) is 11.7. The zero-order valence-corrected chi connectivity index (χ0v) is 12.3. The monoisotopic (exact) mass is 302 g/mol. The van der Waals surface area contributed by atoms with Crippen molar-refractivity contribution >= 4 is 23.1 Å². The average Bonchev–Trinajstić information content (AvgIpc) is 2.47. The van der Waals surface area contributed by atoms with Crippen LogP contribution in [0.3, 0.4) is 0 Å². The van der Waals surface area contributed by atoms with Gasteiger partial charge < -0.3 is 11.1 Å². The van der Waals surface area contributed by atoms with Gasteiger partial charge in [0, 0.05) is 5.56 Å². The molecule has 0 spiro atoms. The van der Waals surface area contributed by atoms with E-state index in [1.165, 1.54) is 12.1 Å². The lowest BCUT2D eigenvalue weighted by Crippen LogP contribution is -2.36. The molecule has 1 atom stereocenters. The molecule has 0 saturated heterocycles. The first-order chi connectivity index (χ1) is 9.99. The third-order valence-electron chi connectivity index (χ3n) is 3.14. The van der Waals surface area contributed by atoms with Gasteiger partial charge in [0.1, 0.15) is 16.8 Å². The van der Waals surface area contributed by atoms with Crippen LogP contribution in [0.2, 0.25) is 0 Å². The average molecular weight is 302 g/mol. The van der Waals surface area contributed by atoms with E-state index in [-0.39, 0.29) is 10.6 Å². The van der Waals surface area contributed by atoms with E-state index in [1.54, 1.807) is 13.0 Å². The molecule has 108 valence electrons. The first-order valence-corrected chi connectivity index (χ1v) is 6.81. The number of nitrogens with two attached hydrogens (primary N) is 1. The molecule has 2 aromatic rings. The second-order valence-corrected chi connectivity index (χ2v) is 5.15. The molecule has 21 heavy (non-hydrogen) atoms. The fraction of sp³-hybridized carbons (Fsp3) is 0.125. The molecular weight excluding hydrogens is 287 g/mol. The SMILES string of the molecule is Cc1ccc(F)cc1C(=O)NC(C(N)=S)c1ccccc1. The van der Waals surface area contributed by atoms with Gasteiger partial charge in [0.05, 0.1) is 0 Å². The van der Waals surface area contributed by atoms with Crippen LogP contribution < -0.4 is 11.1 Å². The van der Waals surface area contributed by atoms with Crippen molar-refractivity contribution in [1.82, 2.24) is 5.32 Å². The minimum Gasteiger partial charge on any atom is -0.391 e. The summed E-state index contributed by atoms with van der Waals surface area (Å²) in [6.07, 6.45) is 0. The number of nitrogens with one attached hydrogen (secondary N) is 1.